The molecular weight excluding hydrogens is 263 g/mol. The standard InChI is InChI=1S/C10H10BrFN2O/c11-8-2-1-6(3-9(8)12)10(15)14-7-4-13-5-7/h1-3,7,13H,4-5H2,(H,14,15). The molecule has 0 spiro atoms. The molecule has 0 saturated carbocycles. The first-order valence-corrected chi connectivity index (χ1v) is 5.43. The topological polar surface area (TPSA) is 41.1 Å². The molecular formula is C10H10BrFN2O. The summed E-state index contributed by atoms with van der Waals surface area (Å²) in [6.45, 7) is 1.56. The van der Waals surface area contributed by atoms with Crippen LogP contribution < -0.4 is 10.6 Å². The summed E-state index contributed by atoms with van der Waals surface area (Å²) in [5.41, 5.74) is 0.350. The van der Waals surface area contributed by atoms with Gasteiger partial charge >= 0.3 is 0 Å². The number of carbonyl (C=O) groups is 1. The van der Waals surface area contributed by atoms with Crippen molar-refractivity contribution in [1.82, 2.24) is 10.6 Å². The fraction of sp³-hybridized carbons (Fsp3) is 0.300. The predicted molar refractivity (Wildman–Crippen MR) is 58.2 cm³/mol. The van der Waals surface area contributed by atoms with E-state index in [0.717, 1.165) is 13.1 Å². The lowest BCUT2D eigenvalue weighted by molar-refractivity contribution is 0.0923. The van der Waals surface area contributed by atoms with E-state index < -0.39 is 5.82 Å². The van der Waals surface area contributed by atoms with Crippen molar-refractivity contribution in [2.24, 2.45) is 0 Å². The quantitative estimate of drug-likeness (QED) is 0.852. The van der Waals surface area contributed by atoms with Crippen LogP contribution in [0, 0.1) is 5.82 Å². The largest absolute Gasteiger partial charge is 0.347 e. The molecule has 0 aliphatic carbocycles. The molecule has 80 valence electrons. The van der Waals surface area contributed by atoms with E-state index in [-0.39, 0.29) is 11.9 Å². The lowest BCUT2D eigenvalue weighted by atomic mass is 10.1. The third-order valence-electron chi connectivity index (χ3n) is 2.30. The molecule has 1 aromatic rings. The maximum absolute atomic E-state index is 13.1. The number of nitrogens with one attached hydrogen (secondary N) is 2. The molecule has 15 heavy (non-hydrogen) atoms. The van der Waals surface area contributed by atoms with E-state index in [2.05, 4.69) is 26.6 Å². The molecule has 1 aliphatic rings. The van der Waals surface area contributed by atoms with Crippen molar-refractivity contribution < 1.29 is 9.18 Å². The van der Waals surface area contributed by atoms with Gasteiger partial charge in [0, 0.05) is 18.7 Å². The van der Waals surface area contributed by atoms with E-state index in [1.54, 1.807) is 6.07 Å². The summed E-state index contributed by atoms with van der Waals surface area (Å²) in [6, 6.07) is 4.52. The molecule has 3 nitrogen and oxygen atoms in total. The minimum atomic E-state index is -0.422. The molecule has 1 heterocycles. The van der Waals surface area contributed by atoms with E-state index in [4.69, 9.17) is 0 Å². The maximum Gasteiger partial charge on any atom is 0.251 e. The van der Waals surface area contributed by atoms with Crippen molar-refractivity contribution in [3.63, 3.8) is 0 Å². The van der Waals surface area contributed by atoms with Crippen LogP contribution in [0.3, 0.4) is 0 Å². The Balaban J connectivity index is 2.07. The monoisotopic (exact) mass is 272 g/mol. The third kappa shape index (κ3) is 2.35. The highest BCUT2D eigenvalue weighted by Gasteiger charge is 2.19. The van der Waals surface area contributed by atoms with Crippen LogP contribution in [0.4, 0.5) is 4.39 Å². The third-order valence-corrected chi connectivity index (χ3v) is 2.94. The summed E-state index contributed by atoms with van der Waals surface area (Å²) in [6.07, 6.45) is 0. The van der Waals surface area contributed by atoms with Crippen molar-refractivity contribution in [2.45, 2.75) is 6.04 Å². The first kappa shape index (κ1) is 10.6. The van der Waals surface area contributed by atoms with Crippen LogP contribution in [-0.4, -0.2) is 25.0 Å². The van der Waals surface area contributed by atoms with Crippen LogP contribution in [0.1, 0.15) is 10.4 Å². The van der Waals surface area contributed by atoms with Gasteiger partial charge < -0.3 is 10.6 Å². The smallest absolute Gasteiger partial charge is 0.251 e. The van der Waals surface area contributed by atoms with Crippen LogP contribution >= 0.6 is 15.9 Å². The molecule has 5 heteroatoms. The van der Waals surface area contributed by atoms with Gasteiger partial charge in [-0.05, 0) is 34.1 Å². The molecule has 2 N–H and O–H groups in total. The molecule has 0 bridgehead atoms. The highest BCUT2D eigenvalue weighted by Crippen LogP contribution is 2.16. The summed E-state index contributed by atoms with van der Waals surface area (Å²) in [7, 11) is 0. The second-order valence-electron chi connectivity index (χ2n) is 3.46. The molecule has 1 aliphatic heterocycles. The zero-order valence-electron chi connectivity index (χ0n) is 7.89. The summed E-state index contributed by atoms with van der Waals surface area (Å²) < 4.78 is 13.5. The minimum Gasteiger partial charge on any atom is -0.347 e. The molecule has 0 radical (unpaired) electrons. The Hall–Kier alpha value is -0.940. The number of hydrogen-bond acceptors (Lipinski definition) is 2. The number of halogens is 2. The lowest BCUT2D eigenvalue weighted by Gasteiger charge is -2.27. The molecule has 0 atom stereocenters. The predicted octanol–water partition coefficient (Wildman–Crippen LogP) is 1.29. The van der Waals surface area contributed by atoms with Gasteiger partial charge in [-0.25, -0.2) is 4.39 Å². The Morgan fingerprint density at radius 1 is 1.53 bits per heavy atom. The van der Waals surface area contributed by atoms with Crippen molar-refractivity contribution in [3.8, 4) is 0 Å². The SMILES string of the molecule is O=C(NC1CNC1)c1ccc(Br)c(F)c1. The van der Waals surface area contributed by atoms with Gasteiger partial charge in [0.2, 0.25) is 0 Å². The van der Waals surface area contributed by atoms with Crippen molar-refractivity contribution in [3.05, 3.63) is 34.1 Å². The average Bonchev–Trinajstić information content (AvgIpc) is 2.15. The van der Waals surface area contributed by atoms with Crippen molar-refractivity contribution in [2.75, 3.05) is 13.1 Å². The van der Waals surface area contributed by atoms with Crippen LogP contribution in [0.5, 0.6) is 0 Å². The van der Waals surface area contributed by atoms with Gasteiger partial charge in [-0.3, -0.25) is 4.79 Å². The second-order valence-corrected chi connectivity index (χ2v) is 4.31. The van der Waals surface area contributed by atoms with E-state index in [1.807, 2.05) is 0 Å². The molecule has 1 saturated heterocycles. The number of benzene rings is 1. The summed E-state index contributed by atoms with van der Waals surface area (Å²) in [5.74, 6) is -0.651. The Bertz CT molecular complexity index is 393. The van der Waals surface area contributed by atoms with Crippen LogP contribution in [0.15, 0.2) is 22.7 Å². The van der Waals surface area contributed by atoms with E-state index in [0.29, 0.717) is 10.0 Å². The number of rotatable bonds is 2. The molecule has 1 aromatic carbocycles. The Morgan fingerprint density at radius 3 is 2.80 bits per heavy atom. The zero-order valence-corrected chi connectivity index (χ0v) is 9.47. The lowest BCUT2D eigenvalue weighted by Crippen LogP contribution is -2.56. The summed E-state index contributed by atoms with van der Waals surface area (Å²) >= 11 is 3.04. The molecule has 1 fully saturated rings. The first-order chi connectivity index (χ1) is 7.16. The van der Waals surface area contributed by atoms with Crippen LogP contribution in [0.2, 0.25) is 0 Å². The van der Waals surface area contributed by atoms with Gasteiger partial charge in [-0.1, -0.05) is 0 Å². The Morgan fingerprint density at radius 2 is 2.27 bits per heavy atom. The first-order valence-electron chi connectivity index (χ1n) is 4.63. The highest BCUT2D eigenvalue weighted by molar-refractivity contribution is 9.10. The molecule has 2 rings (SSSR count). The van der Waals surface area contributed by atoms with Crippen molar-refractivity contribution >= 4 is 21.8 Å². The Kier molecular flexibility index (Phi) is 3.02. The maximum atomic E-state index is 13.1. The molecule has 0 aromatic heterocycles. The number of carbonyl (C=O) groups excluding carboxylic acids is 1. The van der Waals surface area contributed by atoms with Gasteiger partial charge in [0.15, 0.2) is 0 Å². The van der Waals surface area contributed by atoms with Gasteiger partial charge in [0.05, 0.1) is 10.5 Å². The minimum absolute atomic E-state index is 0.171. The summed E-state index contributed by atoms with van der Waals surface area (Å²) in [4.78, 5) is 11.6. The van der Waals surface area contributed by atoms with E-state index in [9.17, 15) is 9.18 Å². The molecule has 1 amide bonds. The van der Waals surface area contributed by atoms with Gasteiger partial charge in [0.1, 0.15) is 5.82 Å². The van der Waals surface area contributed by atoms with E-state index in [1.165, 1.54) is 12.1 Å². The summed E-state index contributed by atoms with van der Waals surface area (Å²) in [5, 5.41) is 5.84. The Labute approximate surface area is 95.2 Å². The highest BCUT2D eigenvalue weighted by atomic mass is 79.9. The second kappa shape index (κ2) is 4.28. The average molecular weight is 273 g/mol. The van der Waals surface area contributed by atoms with E-state index >= 15 is 0 Å². The van der Waals surface area contributed by atoms with Gasteiger partial charge in [-0.2, -0.15) is 0 Å². The van der Waals surface area contributed by atoms with Crippen molar-refractivity contribution in [1.29, 1.82) is 0 Å². The van der Waals surface area contributed by atoms with Gasteiger partial charge in [0.25, 0.3) is 5.91 Å². The molecule has 0 unspecified atom stereocenters. The fourth-order valence-electron chi connectivity index (χ4n) is 1.30. The van der Waals surface area contributed by atoms with Crippen LogP contribution in [0.25, 0.3) is 0 Å². The number of hydrogen-bond donors (Lipinski definition) is 2. The normalized spacial score (nSPS) is 15.9. The number of amides is 1. The van der Waals surface area contributed by atoms with Crippen LogP contribution in [-0.2, 0) is 0 Å². The van der Waals surface area contributed by atoms with Gasteiger partial charge in [-0.15, -0.1) is 0 Å². The zero-order chi connectivity index (χ0) is 10.8. The fourth-order valence-corrected chi connectivity index (χ4v) is 1.54.